The van der Waals surface area contributed by atoms with Crippen molar-refractivity contribution in [1.82, 2.24) is 9.47 Å². The monoisotopic (exact) mass is 390 g/mol. The molecule has 0 saturated carbocycles. The SMILES string of the molecule is O=C(c1ccco1)N1Cc2ccccc2-n2cccc2[C@H]1c1cc(F)cc(F)c1. The van der Waals surface area contributed by atoms with Crippen LogP contribution in [0, 0.1) is 11.6 Å². The minimum atomic E-state index is -0.694. The Bertz CT molecular complexity index is 1180. The van der Waals surface area contributed by atoms with E-state index in [1.165, 1.54) is 18.4 Å². The van der Waals surface area contributed by atoms with Crippen molar-refractivity contribution in [2.45, 2.75) is 12.6 Å². The molecule has 1 atom stereocenters. The number of amides is 1. The minimum absolute atomic E-state index is 0.171. The molecule has 0 radical (unpaired) electrons. The Kier molecular flexibility index (Phi) is 4.05. The number of carbonyl (C=O) groups is 1. The van der Waals surface area contributed by atoms with Gasteiger partial charge in [-0.2, -0.15) is 0 Å². The Hall–Kier alpha value is -3.67. The zero-order valence-electron chi connectivity index (χ0n) is 15.3. The van der Waals surface area contributed by atoms with E-state index < -0.39 is 17.7 Å². The summed E-state index contributed by atoms with van der Waals surface area (Å²) in [5.74, 6) is -1.56. The molecule has 4 nitrogen and oxygen atoms in total. The van der Waals surface area contributed by atoms with Crippen molar-refractivity contribution in [1.29, 1.82) is 0 Å². The molecule has 3 heterocycles. The number of rotatable bonds is 2. The highest BCUT2D eigenvalue weighted by Gasteiger charge is 2.34. The number of halogens is 2. The number of para-hydroxylation sites is 1. The molecule has 1 aliphatic rings. The third-order valence-electron chi connectivity index (χ3n) is 5.16. The molecule has 2 aromatic heterocycles. The fourth-order valence-electron chi connectivity index (χ4n) is 3.96. The maximum absolute atomic E-state index is 14.1. The Morgan fingerprint density at radius 2 is 1.76 bits per heavy atom. The predicted molar refractivity (Wildman–Crippen MR) is 103 cm³/mol. The summed E-state index contributed by atoms with van der Waals surface area (Å²) in [5, 5.41) is 0. The van der Waals surface area contributed by atoms with Crippen LogP contribution in [0.3, 0.4) is 0 Å². The van der Waals surface area contributed by atoms with Crippen molar-refractivity contribution in [2.75, 3.05) is 0 Å². The van der Waals surface area contributed by atoms with Gasteiger partial charge in [0, 0.05) is 24.5 Å². The normalized spacial score (nSPS) is 15.5. The summed E-state index contributed by atoms with van der Waals surface area (Å²) in [6, 6.07) is 17.3. The van der Waals surface area contributed by atoms with Gasteiger partial charge in [-0.1, -0.05) is 18.2 Å². The molecule has 0 fully saturated rings. The third-order valence-corrected chi connectivity index (χ3v) is 5.16. The molecule has 1 aliphatic heterocycles. The Labute approximate surface area is 165 Å². The summed E-state index contributed by atoms with van der Waals surface area (Å²) in [4.78, 5) is 14.9. The van der Waals surface area contributed by atoms with Gasteiger partial charge in [0.1, 0.15) is 11.6 Å². The highest BCUT2D eigenvalue weighted by molar-refractivity contribution is 5.92. The van der Waals surface area contributed by atoms with Gasteiger partial charge < -0.3 is 13.9 Å². The van der Waals surface area contributed by atoms with Gasteiger partial charge in [-0.05, 0) is 53.6 Å². The average molecular weight is 390 g/mol. The van der Waals surface area contributed by atoms with E-state index in [9.17, 15) is 13.6 Å². The summed E-state index contributed by atoms with van der Waals surface area (Å²) in [5.41, 5.74) is 2.93. The van der Waals surface area contributed by atoms with Gasteiger partial charge in [0.2, 0.25) is 0 Å². The number of fused-ring (bicyclic) bond motifs is 3. The van der Waals surface area contributed by atoms with E-state index in [1.807, 2.05) is 47.2 Å². The van der Waals surface area contributed by atoms with E-state index in [2.05, 4.69) is 0 Å². The molecule has 0 bridgehead atoms. The number of benzene rings is 2. The lowest BCUT2D eigenvalue weighted by Gasteiger charge is -2.30. The molecule has 0 spiro atoms. The van der Waals surface area contributed by atoms with Crippen LogP contribution >= 0.6 is 0 Å². The number of nitrogens with zero attached hydrogens (tertiary/aromatic N) is 2. The molecule has 0 saturated heterocycles. The van der Waals surface area contributed by atoms with Crippen LogP contribution in [0.1, 0.15) is 33.4 Å². The smallest absolute Gasteiger partial charge is 0.290 e. The van der Waals surface area contributed by atoms with E-state index in [1.54, 1.807) is 17.0 Å². The molecule has 29 heavy (non-hydrogen) atoms. The molecule has 0 unspecified atom stereocenters. The lowest BCUT2D eigenvalue weighted by molar-refractivity contribution is 0.0657. The quantitative estimate of drug-likeness (QED) is 0.478. The summed E-state index contributed by atoms with van der Waals surface area (Å²) in [6.45, 7) is 0.264. The van der Waals surface area contributed by atoms with Crippen molar-refractivity contribution >= 4 is 5.91 Å². The second-order valence-corrected chi connectivity index (χ2v) is 6.95. The van der Waals surface area contributed by atoms with Gasteiger partial charge >= 0.3 is 0 Å². The third kappa shape index (κ3) is 2.93. The number of furan rings is 1. The molecule has 5 rings (SSSR count). The highest BCUT2D eigenvalue weighted by atomic mass is 19.1. The predicted octanol–water partition coefficient (Wildman–Crippen LogP) is 5.09. The van der Waals surface area contributed by atoms with Gasteiger partial charge in [-0.3, -0.25) is 4.79 Å². The molecule has 144 valence electrons. The van der Waals surface area contributed by atoms with Crippen LogP contribution in [0.25, 0.3) is 5.69 Å². The van der Waals surface area contributed by atoms with Gasteiger partial charge in [-0.25, -0.2) is 8.78 Å². The van der Waals surface area contributed by atoms with Crippen LogP contribution < -0.4 is 0 Å². The summed E-state index contributed by atoms with van der Waals surface area (Å²) < 4.78 is 35.5. The van der Waals surface area contributed by atoms with E-state index in [0.29, 0.717) is 5.56 Å². The van der Waals surface area contributed by atoms with Crippen LogP contribution in [-0.2, 0) is 6.54 Å². The highest BCUT2D eigenvalue weighted by Crippen LogP contribution is 2.37. The Balaban J connectivity index is 1.75. The molecule has 0 aliphatic carbocycles. The number of hydrogen-bond donors (Lipinski definition) is 0. The van der Waals surface area contributed by atoms with E-state index >= 15 is 0 Å². The van der Waals surface area contributed by atoms with Gasteiger partial charge in [0.25, 0.3) is 5.91 Å². The zero-order valence-corrected chi connectivity index (χ0v) is 15.3. The maximum atomic E-state index is 14.1. The lowest BCUT2D eigenvalue weighted by Crippen LogP contribution is -2.34. The fraction of sp³-hybridized carbons (Fsp3) is 0.0870. The van der Waals surface area contributed by atoms with E-state index in [4.69, 9.17) is 4.42 Å². The molecular weight excluding hydrogens is 374 g/mol. The van der Waals surface area contributed by atoms with Crippen molar-refractivity contribution in [3.8, 4) is 5.69 Å². The number of hydrogen-bond acceptors (Lipinski definition) is 2. The summed E-state index contributed by atoms with van der Waals surface area (Å²) in [6.07, 6.45) is 3.32. The Morgan fingerprint density at radius 3 is 2.52 bits per heavy atom. The van der Waals surface area contributed by atoms with Crippen LogP contribution in [0.2, 0.25) is 0 Å². The lowest BCUT2D eigenvalue weighted by atomic mass is 10.0. The maximum Gasteiger partial charge on any atom is 0.290 e. The number of carbonyl (C=O) groups excluding carboxylic acids is 1. The molecule has 6 heteroatoms. The second-order valence-electron chi connectivity index (χ2n) is 6.95. The van der Waals surface area contributed by atoms with Crippen molar-refractivity contribution in [2.24, 2.45) is 0 Å². The first-order valence-electron chi connectivity index (χ1n) is 9.18. The first-order chi connectivity index (χ1) is 14.1. The van der Waals surface area contributed by atoms with Crippen LogP contribution in [-0.4, -0.2) is 15.4 Å². The Morgan fingerprint density at radius 1 is 0.966 bits per heavy atom. The van der Waals surface area contributed by atoms with Crippen molar-refractivity contribution in [3.63, 3.8) is 0 Å². The van der Waals surface area contributed by atoms with Crippen LogP contribution in [0.4, 0.5) is 8.78 Å². The average Bonchev–Trinajstić information content (AvgIpc) is 3.37. The largest absolute Gasteiger partial charge is 0.459 e. The first-order valence-corrected chi connectivity index (χ1v) is 9.18. The fourth-order valence-corrected chi connectivity index (χ4v) is 3.96. The van der Waals surface area contributed by atoms with E-state index in [-0.39, 0.29) is 18.2 Å². The topological polar surface area (TPSA) is 38.4 Å². The standard InChI is InChI=1S/C23H16F2N2O2/c24-17-11-16(12-18(25)13-17)22-20-7-3-9-26(20)19-6-2-1-5-15(19)14-27(22)23(28)21-8-4-10-29-21/h1-13,22H,14H2/t22-/m1/s1. The van der Waals surface area contributed by atoms with Crippen LogP contribution in [0.5, 0.6) is 0 Å². The molecular formula is C23H16F2N2O2. The van der Waals surface area contributed by atoms with Gasteiger partial charge in [0.15, 0.2) is 5.76 Å². The van der Waals surface area contributed by atoms with Crippen LogP contribution in [0.15, 0.2) is 83.6 Å². The summed E-state index contributed by atoms with van der Waals surface area (Å²) in [7, 11) is 0. The molecule has 4 aromatic rings. The number of aromatic nitrogens is 1. The minimum Gasteiger partial charge on any atom is -0.459 e. The zero-order chi connectivity index (χ0) is 20.0. The van der Waals surface area contributed by atoms with Crippen molar-refractivity contribution in [3.05, 3.63) is 113 Å². The van der Waals surface area contributed by atoms with E-state index in [0.717, 1.165) is 23.0 Å². The van der Waals surface area contributed by atoms with Gasteiger partial charge in [-0.15, -0.1) is 0 Å². The van der Waals surface area contributed by atoms with Crippen molar-refractivity contribution < 1.29 is 18.0 Å². The summed E-state index contributed by atoms with van der Waals surface area (Å²) >= 11 is 0. The molecule has 1 amide bonds. The van der Waals surface area contributed by atoms with Gasteiger partial charge in [0.05, 0.1) is 18.0 Å². The second kappa shape index (κ2) is 6.74. The molecule has 0 N–H and O–H groups in total. The molecule has 2 aromatic carbocycles. The first kappa shape index (κ1) is 17.4.